The number of hydrogen-bond donors (Lipinski definition) is 2. The standard InChI is InChI=1S/C23H32FN7/c1-17-7-11-30(12-8-17)21-6-5-18(14-27-21)15-28-23(25-2)29-19-9-13-31(16-19)22-20(24)4-3-10-26-22/h3-6,10,14,17,19H,7-9,11-13,15-16H2,1-2H3,(H2,25,28,29). The van der Waals surface area contributed by atoms with Gasteiger partial charge in [0.15, 0.2) is 17.6 Å². The van der Waals surface area contributed by atoms with Crippen LogP contribution in [-0.4, -0.2) is 55.2 Å². The Morgan fingerprint density at radius 3 is 2.65 bits per heavy atom. The lowest BCUT2D eigenvalue weighted by Gasteiger charge is -2.31. The molecule has 7 nitrogen and oxygen atoms in total. The summed E-state index contributed by atoms with van der Waals surface area (Å²) >= 11 is 0. The van der Waals surface area contributed by atoms with E-state index in [1.54, 1.807) is 19.3 Å². The number of nitrogens with zero attached hydrogens (tertiary/aromatic N) is 5. The Morgan fingerprint density at radius 1 is 1.13 bits per heavy atom. The molecule has 0 aromatic carbocycles. The molecule has 4 rings (SSSR count). The number of nitrogens with one attached hydrogen (secondary N) is 2. The van der Waals surface area contributed by atoms with Crippen LogP contribution in [0.4, 0.5) is 16.0 Å². The maximum absolute atomic E-state index is 14.0. The van der Waals surface area contributed by atoms with Crippen molar-refractivity contribution in [1.29, 1.82) is 0 Å². The minimum absolute atomic E-state index is 0.189. The summed E-state index contributed by atoms with van der Waals surface area (Å²) in [5, 5.41) is 6.80. The van der Waals surface area contributed by atoms with Gasteiger partial charge in [0.1, 0.15) is 5.82 Å². The molecule has 0 bridgehead atoms. The summed E-state index contributed by atoms with van der Waals surface area (Å²) < 4.78 is 14.0. The normalized spacial score (nSPS) is 20.2. The van der Waals surface area contributed by atoms with Crippen LogP contribution in [0.1, 0.15) is 31.7 Å². The first-order valence-electron chi connectivity index (χ1n) is 11.1. The van der Waals surface area contributed by atoms with Crippen molar-refractivity contribution in [3.63, 3.8) is 0 Å². The molecule has 2 saturated heterocycles. The number of piperidine rings is 1. The van der Waals surface area contributed by atoms with Gasteiger partial charge in [-0.15, -0.1) is 0 Å². The lowest BCUT2D eigenvalue weighted by atomic mass is 9.99. The van der Waals surface area contributed by atoms with Crippen LogP contribution in [0, 0.1) is 11.7 Å². The SMILES string of the molecule is CN=C(NCc1ccc(N2CCC(C)CC2)nc1)NC1CCN(c2ncccc2F)C1. The maximum Gasteiger partial charge on any atom is 0.191 e. The van der Waals surface area contributed by atoms with Crippen LogP contribution in [-0.2, 0) is 6.54 Å². The third kappa shape index (κ3) is 5.42. The number of aliphatic imine (C=N–C) groups is 1. The van der Waals surface area contributed by atoms with Gasteiger partial charge in [0, 0.05) is 58.2 Å². The summed E-state index contributed by atoms with van der Waals surface area (Å²) in [5.41, 5.74) is 1.11. The molecule has 2 N–H and O–H groups in total. The summed E-state index contributed by atoms with van der Waals surface area (Å²) in [7, 11) is 1.76. The van der Waals surface area contributed by atoms with E-state index in [4.69, 9.17) is 0 Å². The number of pyridine rings is 2. The summed E-state index contributed by atoms with van der Waals surface area (Å²) in [6.45, 7) is 6.60. The average molecular weight is 426 g/mol. The number of anilines is 2. The predicted molar refractivity (Wildman–Crippen MR) is 123 cm³/mol. The van der Waals surface area contributed by atoms with E-state index in [1.165, 1.54) is 18.9 Å². The van der Waals surface area contributed by atoms with E-state index in [2.05, 4.69) is 49.6 Å². The van der Waals surface area contributed by atoms with Crippen molar-refractivity contribution >= 4 is 17.6 Å². The quantitative estimate of drug-likeness (QED) is 0.567. The fourth-order valence-electron chi connectivity index (χ4n) is 4.20. The molecule has 0 radical (unpaired) electrons. The van der Waals surface area contributed by atoms with Crippen LogP contribution in [0.3, 0.4) is 0 Å². The highest BCUT2D eigenvalue weighted by molar-refractivity contribution is 5.80. The highest BCUT2D eigenvalue weighted by Crippen LogP contribution is 2.22. The number of halogens is 1. The van der Waals surface area contributed by atoms with Crippen molar-refractivity contribution in [2.45, 2.75) is 38.8 Å². The Bertz CT molecular complexity index is 878. The molecule has 0 aliphatic carbocycles. The molecule has 2 fully saturated rings. The molecular weight excluding hydrogens is 393 g/mol. The zero-order valence-corrected chi connectivity index (χ0v) is 18.4. The number of hydrogen-bond acceptors (Lipinski definition) is 5. The molecule has 2 aromatic rings. The van der Waals surface area contributed by atoms with Crippen LogP contribution in [0.2, 0.25) is 0 Å². The van der Waals surface area contributed by atoms with Gasteiger partial charge in [-0.2, -0.15) is 0 Å². The van der Waals surface area contributed by atoms with Gasteiger partial charge >= 0.3 is 0 Å². The van der Waals surface area contributed by atoms with E-state index in [0.717, 1.165) is 49.3 Å². The molecule has 4 heterocycles. The van der Waals surface area contributed by atoms with Gasteiger partial charge in [0.25, 0.3) is 0 Å². The largest absolute Gasteiger partial charge is 0.357 e. The average Bonchev–Trinajstić information content (AvgIpc) is 3.26. The first-order chi connectivity index (χ1) is 15.1. The Kier molecular flexibility index (Phi) is 6.84. The fraction of sp³-hybridized carbons (Fsp3) is 0.522. The van der Waals surface area contributed by atoms with Crippen molar-refractivity contribution in [2.75, 3.05) is 43.0 Å². The van der Waals surface area contributed by atoms with E-state index in [9.17, 15) is 4.39 Å². The molecular formula is C23H32FN7. The smallest absolute Gasteiger partial charge is 0.191 e. The van der Waals surface area contributed by atoms with Crippen LogP contribution in [0.15, 0.2) is 41.7 Å². The summed E-state index contributed by atoms with van der Waals surface area (Å²) in [5.74, 6) is 2.76. The molecule has 2 aliphatic rings. The van der Waals surface area contributed by atoms with E-state index in [-0.39, 0.29) is 11.9 Å². The van der Waals surface area contributed by atoms with Crippen LogP contribution < -0.4 is 20.4 Å². The first kappa shape index (κ1) is 21.3. The van der Waals surface area contributed by atoms with Gasteiger partial charge < -0.3 is 20.4 Å². The first-order valence-corrected chi connectivity index (χ1v) is 11.1. The molecule has 2 aliphatic heterocycles. The number of aromatic nitrogens is 2. The van der Waals surface area contributed by atoms with Crippen molar-refractivity contribution in [2.24, 2.45) is 10.9 Å². The second kappa shape index (κ2) is 9.94. The fourth-order valence-corrected chi connectivity index (χ4v) is 4.20. The van der Waals surface area contributed by atoms with Gasteiger partial charge in [-0.25, -0.2) is 14.4 Å². The van der Waals surface area contributed by atoms with Crippen LogP contribution in [0.5, 0.6) is 0 Å². The van der Waals surface area contributed by atoms with Crippen molar-refractivity contribution in [1.82, 2.24) is 20.6 Å². The predicted octanol–water partition coefficient (Wildman–Crippen LogP) is 2.80. The second-order valence-corrected chi connectivity index (χ2v) is 8.50. The summed E-state index contributed by atoms with van der Waals surface area (Å²) in [6.07, 6.45) is 6.94. The van der Waals surface area contributed by atoms with E-state index in [1.807, 2.05) is 11.1 Å². The molecule has 166 valence electrons. The third-order valence-electron chi connectivity index (χ3n) is 6.17. The van der Waals surface area contributed by atoms with Crippen molar-refractivity contribution in [3.8, 4) is 0 Å². The van der Waals surface area contributed by atoms with Gasteiger partial charge in [-0.1, -0.05) is 13.0 Å². The van der Waals surface area contributed by atoms with Crippen LogP contribution >= 0.6 is 0 Å². The minimum atomic E-state index is -0.277. The third-order valence-corrected chi connectivity index (χ3v) is 6.17. The summed E-state index contributed by atoms with van der Waals surface area (Å²) in [4.78, 5) is 17.5. The highest BCUT2D eigenvalue weighted by atomic mass is 19.1. The minimum Gasteiger partial charge on any atom is -0.357 e. The van der Waals surface area contributed by atoms with Crippen LogP contribution in [0.25, 0.3) is 0 Å². The van der Waals surface area contributed by atoms with Crippen molar-refractivity contribution < 1.29 is 4.39 Å². The van der Waals surface area contributed by atoms with Gasteiger partial charge in [0.05, 0.1) is 0 Å². The van der Waals surface area contributed by atoms with E-state index >= 15 is 0 Å². The molecule has 1 atom stereocenters. The zero-order valence-electron chi connectivity index (χ0n) is 18.4. The Labute approximate surface area is 183 Å². The maximum atomic E-state index is 14.0. The topological polar surface area (TPSA) is 68.7 Å². The lowest BCUT2D eigenvalue weighted by molar-refractivity contribution is 0.436. The van der Waals surface area contributed by atoms with E-state index < -0.39 is 0 Å². The Morgan fingerprint density at radius 2 is 1.94 bits per heavy atom. The molecule has 31 heavy (non-hydrogen) atoms. The Balaban J connectivity index is 1.26. The summed E-state index contributed by atoms with van der Waals surface area (Å²) in [6, 6.07) is 7.50. The van der Waals surface area contributed by atoms with Crippen molar-refractivity contribution in [3.05, 3.63) is 48.0 Å². The Hall–Kier alpha value is -2.90. The van der Waals surface area contributed by atoms with Gasteiger partial charge in [0.2, 0.25) is 0 Å². The number of guanidine groups is 1. The molecule has 2 aromatic heterocycles. The molecule has 8 heteroatoms. The molecule has 0 spiro atoms. The number of rotatable bonds is 5. The lowest BCUT2D eigenvalue weighted by Crippen LogP contribution is -2.44. The zero-order chi connectivity index (χ0) is 21.6. The highest BCUT2D eigenvalue weighted by Gasteiger charge is 2.26. The molecule has 0 saturated carbocycles. The monoisotopic (exact) mass is 425 g/mol. The molecule has 0 amide bonds. The van der Waals surface area contributed by atoms with E-state index in [0.29, 0.717) is 18.9 Å². The van der Waals surface area contributed by atoms with Gasteiger partial charge in [-0.05, 0) is 48.9 Å². The second-order valence-electron chi connectivity index (χ2n) is 8.50. The molecule has 1 unspecified atom stereocenters. The van der Waals surface area contributed by atoms with Gasteiger partial charge in [-0.3, -0.25) is 4.99 Å².